The van der Waals surface area contributed by atoms with Crippen LogP contribution in [0, 0.1) is 6.92 Å². The molecule has 2 aromatic heterocycles. The molecule has 0 saturated heterocycles. The summed E-state index contributed by atoms with van der Waals surface area (Å²) in [6.45, 7) is 1.90. The lowest BCUT2D eigenvalue weighted by molar-refractivity contribution is 0.393. The van der Waals surface area contributed by atoms with Gasteiger partial charge in [-0.3, -0.25) is 0 Å². The van der Waals surface area contributed by atoms with E-state index in [1.54, 1.807) is 11.8 Å². The fourth-order valence-electron chi connectivity index (χ4n) is 2.51. The number of benzene rings is 2. The van der Waals surface area contributed by atoms with Crippen molar-refractivity contribution in [1.29, 1.82) is 0 Å². The number of hydrogen-bond donors (Lipinski definition) is 0. The second-order valence-electron chi connectivity index (χ2n) is 5.59. The fourth-order valence-corrected chi connectivity index (χ4v) is 3.68. The highest BCUT2D eigenvalue weighted by molar-refractivity contribution is 9.10. The third kappa shape index (κ3) is 3.60. The maximum Gasteiger partial charge on any atom is 0.161 e. The number of halogens is 1. The molecule has 0 amide bonds. The van der Waals surface area contributed by atoms with Crippen LogP contribution in [0.2, 0.25) is 0 Å². The van der Waals surface area contributed by atoms with E-state index in [1.807, 2.05) is 55.5 Å². The van der Waals surface area contributed by atoms with Crippen molar-refractivity contribution < 1.29 is 4.52 Å². The molecule has 6 heteroatoms. The molecule has 0 aliphatic rings. The number of para-hydroxylation sites is 1. The standard InChI is InChI=1S/C19H14BrN3OS/c1-12-10-15(23-24-12)11-25-19-16-4-2-3-5-17(16)21-18(22-19)13-6-8-14(20)9-7-13/h2-10H,11H2,1H3. The summed E-state index contributed by atoms with van der Waals surface area (Å²) in [5.41, 5.74) is 2.85. The smallest absolute Gasteiger partial charge is 0.161 e. The molecule has 0 unspecified atom stereocenters. The van der Waals surface area contributed by atoms with E-state index < -0.39 is 0 Å². The fraction of sp³-hybridized carbons (Fsp3) is 0.105. The third-order valence-electron chi connectivity index (χ3n) is 3.70. The zero-order valence-corrected chi connectivity index (χ0v) is 15.8. The minimum absolute atomic E-state index is 0.706. The summed E-state index contributed by atoms with van der Waals surface area (Å²) in [6.07, 6.45) is 0. The summed E-state index contributed by atoms with van der Waals surface area (Å²) in [7, 11) is 0. The second kappa shape index (κ2) is 6.98. The van der Waals surface area contributed by atoms with Gasteiger partial charge in [0.05, 0.1) is 11.2 Å². The zero-order valence-electron chi connectivity index (χ0n) is 13.4. The van der Waals surface area contributed by atoms with Crippen LogP contribution in [0.3, 0.4) is 0 Å². The van der Waals surface area contributed by atoms with Crippen LogP contribution in [0.15, 0.2) is 68.6 Å². The Kier molecular flexibility index (Phi) is 4.55. The zero-order chi connectivity index (χ0) is 17.2. The molecule has 4 aromatic rings. The van der Waals surface area contributed by atoms with Crippen molar-refractivity contribution in [3.63, 3.8) is 0 Å². The molecule has 0 aliphatic carbocycles. The Hall–Kier alpha value is -2.18. The lowest BCUT2D eigenvalue weighted by Crippen LogP contribution is -1.94. The van der Waals surface area contributed by atoms with Gasteiger partial charge in [0, 0.05) is 27.2 Å². The lowest BCUT2D eigenvalue weighted by atomic mass is 10.2. The molecule has 124 valence electrons. The number of hydrogen-bond acceptors (Lipinski definition) is 5. The Labute approximate surface area is 157 Å². The first-order valence-corrected chi connectivity index (χ1v) is 9.54. The van der Waals surface area contributed by atoms with Gasteiger partial charge in [-0.2, -0.15) is 0 Å². The molecule has 25 heavy (non-hydrogen) atoms. The van der Waals surface area contributed by atoms with Gasteiger partial charge in [-0.05, 0) is 25.1 Å². The van der Waals surface area contributed by atoms with Crippen LogP contribution >= 0.6 is 27.7 Å². The van der Waals surface area contributed by atoms with Crippen molar-refractivity contribution >= 4 is 38.6 Å². The number of fused-ring (bicyclic) bond motifs is 1. The highest BCUT2D eigenvalue weighted by Crippen LogP contribution is 2.30. The quantitative estimate of drug-likeness (QED) is 0.320. The predicted octanol–water partition coefficient (Wildman–Crippen LogP) is 5.65. The molecule has 0 radical (unpaired) electrons. The number of thioether (sulfide) groups is 1. The normalized spacial score (nSPS) is 11.1. The van der Waals surface area contributed by atoms with E-state index in [0.717, 1.165) is 43.2 Å². The molecule has 0 aliphatic heterocycles. The van der Waals surface area contributed by atoms with E-state index >= 15 is 0 Å². The molecule has 4 nitrogen and oxygen atoms in total. The largest absolute Gasteiger partial charge is 0.361 e. The van der Waals surface area contributed by atoms with Gasteiger partial charge in [0.2, 0.25) is 0 Å². The van der Waals surface area contributed by atoms with Crippen LogP contribution in [0.4, 0.5) is 0 Å². The van der Waals surface area contributed by atoms with Crippen LogP contribution in [-0.4, -0.2) is 15.1 Å². The van der Waals surface area contributed by atoms with E-state index in [1.165, 1.54) is 0 Å². The van der Waals surface area contributed by atoms with Crippen LogP contribution < -0.4 is 0 Å². The Morgan fingerprint density at radius 1 is 1.04 bits per heavy atom. The molecule has 0 fully saturated rings. The predicted molar refractivity (Wildman–Crippen MR) is 103 cm³/mol. The highest BCUT2D eigenvalue weighted by Gasteiger charge is 2.11. The van der Waals surface area contributed by atoms with Crippen molar-refractivity contribution in [3.05, 3.63) is 70.5 Å². The molecule has 2 heterocycles. The summed E-state index contributed by atoms with van der Waals surface area (Å²) >= 11 is 5.11. The molecule has 2 aromatic carbocycles. The van der Waals surface area contributed by atoms with E-state index in [0.29, 0.717) is 5.75 Å². The molecule has 0 N–H and O–H groups in total. The molecule has 0 saturated carbocycles. The van der Waals surface area contributed by atoms with Gasteiger partial charge in [0.15, 0.2) is 5.82 Å². The first-order chi connectivity index (χ1) is 12.2. The summed E-state index contributed by atoms with van der Waals surface area (Å²) in [5.74, 6) is 2.25. The highest BCUT2D eigenvalue weighted by atomic mass is 79.9. The molecule has 4 rings (SSSR count). The number of aromatic nitrogens is 3. The van der Waals surface area contributed by atoms with Crippen molar-refractivity contribution in [3.8, 4) is 11.4 Å². The second-order valence-corrected chi connectivity index (χ2v) is 7.47. The van der Waals surface area contributed by atoms with E-state index in [-0.39, 0.29) is 0 Å². The lowest BCUT2D eigenvalue weighted by Gasteiger charge is -2.08. The van der Waals surface area contributed by atoms with Gasteiger partial charge < -0.3 is 4.52 Å². The van der Waals surface area contributed by atoms with E-state index in [2.05, 4.69) is 27.2 Å². The van der Waals surface area contributed by atoms with Gasteiger partial charge in [0.25, 0.3) is 0 Å². The maximum absolute atomic E-state index is 5.14. The summed E-state index contributed by atoms with van der Waals surface area (Å²) in [5, 5.41) is 6.05. The Morgan fingerprint density at radius 3 is 2.60 bits per heavy atom. The molecule has 0 atom stereocenters. The molecule has 0 bridgehead atoms. The van der Waals surface area contributed by atoms with Crippen molar-refractivity contribution in [1.82, 2.24) is 15.1 Å². The van der Waals surface area contributed by atoms with Gasteiger partial charge in [-0.15, -0.1) is 0 Å². The van der Waals surface area contributed by atoms with E-state index in [9.17, 15) is 0 Å². The maximum atomic E-state index is 5.14. The van der Waals surface area contributed by atoms with Crippen molar-refractivity contribution in [2.45, 2.75) is 17.7 Å². The minimum Gasteiger partial charge on any atom is -0.361 e. The molecular weight excluding hydrogens is 398 g/mol. The Morgan fingerprint density at radius 2 is 1.84 bits per heavy atom. The molecule has 0 spiro atoms. The Bertz CT molecular complexity index is 1030. The van der Waals surface area contributed by atoms with Crippen LogP contribution in [-0.2, 0) is 5.75 Å². The molecular formula is C19H14BrN3OS. The summed E-state index contributed by atoms with van der Waals surface area (Å²) < 4.78 is 6.18. The van der Waals surface area contributed by atoms with Gasteiger partial charge >= 0.3 is 0 Å². The van der Waals surface area contributed by atoms with Gasteiger partial charge in [0.1, 0.15) is 10.8 Å². The minimum atomic E-state index is 0.706. The first-order valence-electron chi connectivity index (χ1n) is 7.77. The SMILES string of the molecule is Cc1cc(CSc2nc(-c3ccc(Br)cc3)nc3ccccc23)no1. The topological polar surface area (TPSA) is 51.8 Å². The average molecular weight is 412 g/mol. The number of nitrogens with zero attached hydrogens (tertiary/aromatic N) is 3. The number of aryl methyl sites for hydroxylation is 1. The number of rotatable bonds is 4. The monoisotopic (exact) mass is 411 g/mol. The van der Waals surface area contributed by atoms with Crippen molar-refractivity contribution in [2.75, 3.05) is 0 Å². The van der Waals surface area contributed by atoms with Crippen LogP contribution in [0.5, 0.6) is 0 Å². The van der Waals surface area contributed by atoms with Gasteiger partial charge in [-0.1, -0.05) is 63.2 Å². The third-order valence-corrected chi connectivity index (χ3v) is 5.26. The van der Waals surface area contributed by atoms with Crippen LogP contribution in [0.1, 0.15) is 11.5 Å². The summed E-state index contributed by atoms with van der Waals surface area (Å²) in [6, 6.07) is 18.1. The first kappa shape index (κ1) is 16.3. The van der Waals surface area contributed by atoms with E-state index in [4.69, 9.17) is 14.5 Å². The van der Waals surface area contributed by atoms with Gasteiger partial charge in [-0.25, -0.2) is 9.97 Å². The van der Waals surface area contributed by atoms with Crippen LogP contribution in [0.25, 0.3) is 22.3 Å². The summed E-state index contributed by atoms with van der Waals surface area (Å²) in [4.78, 5) is 9.52. The van der Waals surface area contributed by atoms with Crippen molar-refractivity contribution in [2.24, 2.45) is 0 Å². The Balaban J connectivity index is 1.74. The average Bonchev–Trinajstić information content (AvgIpc) is 3.05.